The van der Waals surface area contributed by atoms with Crippen molar-refractivity contribution in [2.24, 2.45) is 5.73 Å². The number of hydrogen-bond acceptors (Lipinski definition) is 10. The van der Waals surface area contributed by atoms with Crippen LogP contribution in [0.3, 0.4) is 0 Å². The third-order valence-electron chi connectivity index (χ3n) is 5.23. The molecule has 2 unspecified atom stereocenters. The van der Waals surface area contributed by atoms with E-state index >= 15 is 0 Å². The molecule has 4 rings (SSSR count). The number of amides is 2. The molecule has 1 fully saturated rings. The van der Waals surface area contributed by atoms with Gasteiger partial charge in [-0.15, -0.1) is 22.0 Å². The fraction of sp³-hybridized carbons (Fsp3) is 0.350. The van der Waals surface area contributed by atoms with Crippen molar-refractivity contribution in [3.63, 3.8) is 0 Å². The molecule has 3 heterocycles. The normalized spacial score (nSPS) is 20.8. The average molecular weight is 508 g/mol. The first kappa shape index (κ1) is 23.7. The minimum atomic E-state index is -1.18. The lowest BCUT2D eigenvalue weighted by molar-refractivity contribution is -0.150. The number of carboxylic acids is 1. The molecule has 1 aromatic carbocycles. The standard InChI is InChI=1S/C20H21N5O5S3/c1-9-23-24-20(33-9)32-8-12-7-31-18-14(17(28)25(18)15(12)19(29)30)22-16(27)13(21)11-4-2-10(6-26)3-5-11/h2-5,13-14,18,26H,6-8,21H2,1H3,(H,22,27)(H,29,30)/t13?,14?,18-/m1/s1. The van der Waals surface area contributed by atoms with E-state index in [9.17, 15) is 19.5 Å². The zero-order valence-corrected chi connectivity index (χ0v) is 19.9. The van der Waals surface area contributed by atoms with Gasteiger partial charge in [0.05, 0.1) is 6.61 Å². The van der Waals surface area contributed by atoms with Gasteiger partial charge in [-0.05, 0) is 23.6 Å². The predicted molar refractivity (Wildman–Crippen MR) is 124 cm³/mol. The number of aliphatic hydroxyl groups is 1. The molecular weight excluding hydrogens is 486 g/mol. The maximum absolute atomic E-state index is 12.8. The monoisotopic (exact) mass is 507 g/mol. The first-order valence-corrected chi connectivity index (χ1v) is 12.7. The Kier molecular flexibility index (Phi) is 7.05. The van der Waals surface area contributed by atoms with E-state index in [2.05, 4.69) is 15.5 Å². The molecule has 2 aromatic rings. The Balaban J connectivity index is 1.43. The van der Waals surface area contributed by atoms with E-state index in [1.807, 2.05) is 6.92 Å². The molecule has 13 heteroatoms. The number of nitrogens with zero attached hydrogens (tertiary/aromatic N) is 3. The average Bonchev–Trinajstić information content (AvgIpc) is 3.24. The molecule has 1 aromatic heterocycles. The summed E-state index contributed by atoms with van der Waals surface area (Å²) in [5, 5.41) is 29.9. The SMILES string of the molecule is Cc1nnc(SCC2=C(C(=O)O)N3C(=O)C(NC(=O)C(N)c4ccc(CO)cc4)[C@H]3SC2)s1. The summed E-state index contributed by atoms with van der Waals surface area (Å²) in [6, 6.07) is 4.79. The van der Waals surface area contributed by atoms with E-state index in [1.54, 1.807) is 24.3 Å². The summed E-state index contributed by atoms with van der Waals surface area (Å²) in [6.45, 7) is 1.72. The third-order valence-corrected chi connectivity index (χ3v) is 8.63. The molecule has 2 aliphatic heterocycles. The number of hydrogen-bond donors (Lipinski definition) is 4. The van der Waals surface area contributed by atoms with E-state index in [-0.39, 0.29) is 12.3 Å². The van der Waals surface area contributed by atoms with Crippen LogP contribution in [-0.4, -0.2) is 66.0 Å². The smallest absolute Gasteiger partial charge is 0.352 e. The summed E-state index contributed by atoms with van der Waals surface area (Å²) in [4.78, 5) is 38.7. The number of rotatable bonds is 8. The summed E-state index contributed by atoms with van der Waals surface area (Å²) >= 11 is 4.21. The first-order chi connectivity index (χ1) is 15.8. The molecule has 2 aliphatic rings. The van der Waals surface area contributed by atoms with Crippen LogP contribution in [0.4, 0.5) is 0 Å². The first-order valence-electron chi connectivity index (χ1n) is 9.88. The highest BCUT2D eigenvalue weighted by Gasteiger charge is 2.54. The van der Waals surface area contributed by atoms with Gasteiger partial charge in [-0.1, -0.05) is 47.4 Å². The van der Waals surface area contributed by atoms with Gasteiger partial charge in [0.2, 0.25) is 5.91 Å². The Morgan fingerprint density at radius 2 is 2.06 bits per heavy atom. The number of aliphatic hydroxyl groups excluding tert-OH is 1. The Morgan fingerprint density at radius 3 is 2.67 bits per heavy atom. The van der Waals surface area contributed by atoms with Crippen LogP contribution in [0.2, 0.25) is 0 Å². The lowest BCUT2D eigenvalue weighted by atomic mass is 10.0. The molecule has 0 spiro atoms. The highest BCUT2D eigenvalue weighted by molar-refractivity contribution is 8.01. The van der Waals surface area contributed by atoms with Crippen LogP contribution in [0.25, 0.3) is 0 Å². The van der Waals surface area contributed by atoms with Gasteiger partial charge in [0, 0.05) is 11.5 Å². The zero-order valence-electron chi connectivity index (χ0n) is 17.4. The Bertz CT molecular complexity index is 1120. The summed E-state index contributed by atoms with van der Waals surface area (Å²) in [7, 11) is 0. The molecule has 33 heavy (non-hydrogen) atoms. The number of fused-ring (bicyclic) bond motifs is 1. The molecular formula is C20H21N5O5S3. The van der Waals surface area contributed by atoms with Gasteiger partial charge in [0.1, 0.15) is 28.2 Å². The molecule has 0 bridgehead atoms. The number of aryl methyl sites for hydroxylation is 1. The predicted octanol–water partition coefficient (Wildman–Crippen LogP) is 0.870. The Labute approximate surface area is 201 Å². The molecule has 10 nitrogen and oxygen atoms in total. The van der Waals surface area contributed by atoms with Crippen LogP contribution in [0.1, 0.15) is 22.2 Å². The van der Waals surface area contributed by atoms with Crippen molar-refractivity contribution in [2.75, 3.05) is 11.5 Å². The van der Waals surface area contributed by atoms with Crippen molar-refractivity contribution < 1.29 is 24.6 Å². The summed E-state index contributed by atoms with van der Waals surface area (Å²) in [5.41, 5.74) is 7.87. The number of carbonyl (C=O) groups is 3. The molecule has 1 saturated heterocycles. The number of nitrogens with one attached hydrogen (secondary N) is 1. The Morgan fingerprint density at radius 1 is 1.33 bits per heavy atom. The molecule has 3 atom stereocenters. The summed E-state index contributed by atoms with van der Waals surface area (Å²) < 4.78 is 0.734. The van der Waals surface area contributed by atoms with E-state index < -0.39 is 35.2 Å². The quantitative estimate of drug-likeness (QED) is 0.298. The molecule has 0 radical (unpaired) electrons. The van der Waals surface area contributed by atoms with Crippen LogP contribution in [-0.2, 0) is 21.0 Å². The molecule has 2 amide bonds. The summed E-state index contributed by atoms with van der Waals surface area (Å²) in [6.07, 6.45) is 0. The molecule has 174 valence electrons. The number of thioether (sulfide) groups is 2. The largest absolute Gasteiger partial charge is 0.477 e. The van der Waals surface area contributed by atoms with Gasteiger partial charge >= 0.3 is 5.97 Å². The van der Waals surface area contributed by atoms with Crippen molar-refractivity contribution in [3.05, 3.63) is 51.7 Å². The lowest BCUT2D eigenvalue weighted by Gasteiger charge is -2.49. The second-order valence-corrected chi connectivity index (χ2v) is 10.9. The minimum absolute atomic E-state index is 0.0353. The number of β-lactam (4-membered cyclic amide) rings is 1. The van der Waals surface area contributed by atoms with Crippen molar-refractivity contribution in [1.82, 2.24) is 20.4 Å². The molecule has 5 N–H and O–H groups in total. The van der Waals surface area contributed by atoms with E-state index in [0.29, 0.717) is 28.2 Å². The van der Waals surface area contributed by atoms with E-state index in [1.165, 1.54) is 39.8 Å². The van der Waals surface area contributed by atoms with Gasteiger partial charge in [-0.2, -0.15) is 0 Å². The summed E-state index contributed by atoms with van der Waals surface area (Å²) in [5.74, 6) is -1.38. The number of carbonyl (C=O) groups excluding carboxylic acids is 2. The van der Waals surface area contributed by atoms with Crippen LogP contribution in [0.5, 0.6) is 0 Å². The highest BCUT2D eigenvalue weighted by Crippen LogP contribution is 2.41. The maximum Gasteiger partial charge on any atom is 0.352 e. The number of aliphatic carboxylic acids is 1. The lowest BCUT2D eigenvalue weighted by Crippen LogP contribution is -2.71. The third kappa shape index (κ3) is 4.77. The number of aromatic nitrogens is 2. The molecule has 0 saturated carbocycles. The van der Waals surface area contributed by atoms with Crippen molar-refractivity contribution in [3.8, 4) is 0 Å². The zero-order chi connectivity index (χ0) is 23.7. The van der Waals surface area contributed by atoms with E-state index in [0.717, 1.165) is 9.35 Å². The van der Waals surface area contributed by atoms with Gasteiger partial charge in [-0.3, -0.25) is 14.5 Å². The molecule has 0 aliphatic carbocycles. The topological polar surface area (TPSA) is 159 Å². The van der Waals surface area contributed by atoms with Crippen molar-refractivity contribution >= 4 is 52.6 Å². The van der Waals surface area contributed by atoms with Crippen molar-refractivity contribution in [2.45, 2.75) is 35.3 Å². The second kappa shape index (κ2) is 9.81. The van der Waals surface area contributed by atoms with E-state index in [4.69, 9.17) is 10.8 Å². The minimum Gasteiger partial charge on any atom is -0.477 e. The second-order valence-electron chi connectivity index (χ2n) is 7.41. The fourth-order valence-electron chi connectivity index (χ4n) is 3.50. The number of nitrogens with two attached hydrogens (primary N) is 1. The Hall–Kier alpha value is -2.45. The van der Waals surface area contributed by atoms with Gasteiger partial charge in [-0.25, -0.2) is 4.79 Å². The van der Waals surface area contributed by atoms with Gasteiger partial charge < -0.3 is 21.3 Å². The fourth-order valence-corrected chi connectivity index (χ4v) is 6.81. The van der Waals surface area contributed by atoms with Crippen LogP contribution in [0, 0.1) is 6.92 Å². The van der Waals surface area contributed by atoms with Gasteiger partial charge in [0.25, 0.3) is 5.91 Å². The van der Waals surface area contributed by atoms with Gasteiger partial charge in [0.15, 0.2) is 4.34 Å². The maximum atomic E-state index is 12.8. The van der Waals surface area contributed by atoms with Crippen LogP contribution in [0.15, 0.2) is 39.9 Å². The van der Waals surface area contributed by atoms with Crippen LogP contribution < -0.4 is 11.1 Å². The number of carboxylic acid groups (broad SMARTS) is 1. The van der Waals surface area contributed by atoms with Crippen LogP contribution >= 0.6 is 34.9 Å². The van der Waals surface area contributed by atoms with Crippen molar-refractivity contribution in [1.29, 1.82) is 0 Å². The highest BCUT2D eigenvalue weighted by atomic mass is 32.2. The number of benzene rings is 1.